The van der Waals surface area contributed by atoms with Crippen molar-refractivity contribution in [1.82, 2.24) is 40.7 Å². The third-order valence-corrected chi connectivity index (χ3v) is 21.4. The first-order valence-corrected chi connectivity index (χ1v) is 44.4. The number of nitro groups is 2. The van der Waals surface area contributed by atoms with Gasteiger partial charge in [0.1, 0.15) is 22.6 Å². The minimum atomic E-state index is -0.933. The largest absolute Gasteiger partial charge is 0.469 e. The highest BCUT2D eigenvalue weighted by molar-refractivity contribution is 9.09. The predicted octanol–water partition coefficient (Wildman–Crippen LogP) is 8.36. The fourth-order valence-corrected chi connectivity index (χ4v) is 12.9. The molecule has 6 saturated heterocycles. The van der Waals surface area contributed by atoms with E-state index in [2.05, 4.69) is 77.1 Å². The second kappa shape index (κ2) is 57.1. The van der Waals surface area contributed by atoms with E-state index in [1.807, 2.05) is 80.2 Å². The van der Waals surface area contributed by atoms with E-state index in [0.717, 1.165) is 82.2 Å². The molecule has 9 heterocycles. The molecule has 0 aliphatic carbocycles. The van der Waals surface area contributed by atoms with Gasteiger partial charge in [0.05, 0.1) is 158 Å². The first-order valence-electron chi connectivity index (χ1n) is 42.1. The van der Waals surface area contributed by atoms with Crippen LogP contribution in [0.25, 0.3) is 0 Å². The summed E-state index contributed by atoms with van der Waals surface area (Å²) in [6.45, 7) is 51.0. The Morgan fingerprint density at radius 1 is 0.559 bits per heavy atom. The van der Waals surface area contributed by atoms with Crippen LogP contribution < -0.4 is 31.5 Å². The number of alkyl carbamates (subject to hydrolysis) is 1. The summed E-state index contributed by atoms with van der Waals surface area (Å²) < 4.78 is 69.3. The number of rotatable bonds is 15. The van der Waals surface area contributed by atoms with Gasteiger partial charge in [0.15, 0.2) is 18.2 Å². The molecule has 0 saturated carbocycles. The molecule has 11 N–H and O–H groups in total. The maximum absolute atomic E-state index is 12.1. The van der Waals surface area contributed by atoms with Crippen molar-refractivity contribution in [3.63, 3.8) is 0 Å². The summed E-state index contributed by atoms with van der Waals surface area (Å²) in [5.74, 6) is -1.16. The van der Waals surface area contributed by atoms with Crippen molar-refractivity contribution in [3.05, 3.63) is 81.0 Å². The van der Waals surface area contributed by atoms with Gasteiger partial charge in [-0.05, 0) is 176 Å². The summed E-state index contributed by atoms with van der Waals surface area (Å²) in [7, 11) is 2.71. The molecule has 0 aromatic carbocycles. The van der Waals surface area contributed by atoms with E-state index in [9.17, 15) is 74.1 Å². The Labute approximate surface area is 765 Å². The number of nitrogen functional groups attached to an aromatic ring is 1. The number of hydrogen-bond acceptors (Lipinski definition) is 34. The van der Waals surface area contributed by atoms with Gasteiger partial charge < -0.3 is 144 Å². The number of carbonyl (C=O) groups excluding carboxylic acids is 5. The number of esters is 2. The lowest BCUT2D eigenvalue weighted by Crippen LogP contribution is -2.52. The van der Waals surface area contributed by atoms with Crippen LogP contribution in [0.5, 0.6) is 0 Å². The number of nitrogens with two attached hydrogens (primary N) is 1. The number of amides is 3. The number of aliphatic hydroxyl groups is 6. The number of nitrogens with one attached hydrogen (secondary N) is 3. The molecule has 6 aliphatic rings. The normalized spacial score (nSPS) is 20.4. The maximum atomic E-state index is 12.1. The number of aliphatic hydroxyl groups excluding tert-OH is 1. The van der Waals surface area contributed by atoms with Gasteiger partial charge >= 0.3 is 41.9 Å². The van der Waals surface area contributed by atoms with Crippen LogP contribution in [-0.2, 0) is 61.7 Å². The Kier molecular flexibility index (Phi) is 53.0. The molecule has 39 nitrogen and oxygen atoms in total. The minimum Gasteiger partial charge on any atom is -0.469 e. The molecular weight excluding hydrogens is 1800 g/mol. The number of methoxy groups -OCH3 is 2. The smallest absolute Gasteiger partial charge is 0.410 e. The number of halogens is 3. The molecule has 9 rings (SSSR count). The minimum absolute atomic E-state index is 0.0276. The van der Waals surface area contributed by atoms with Crippen LogP contribution in [0.1, 0.15) is 138 Å². The molecule has 6 aliphatic heterocycles. The fraction of sp³-hybridized carbons (Fsp3) is 0.765. The molecule has 0 bridgehead atoms. The lowest BCUT2D eigenvalue weighted by atomic mass is 9.76. The molecule has 127 heavy (non-hydrogen) atoms. The third-order valence-electron chi connectivity index (χ3n) is 19.8. The van der Waals surface area contributed by atoms with E-state index in [-0.39, 0.29) is 85.6 Å². The van der Waals surface area contributed by atoms with Gasteiger partial charge in [-0.15, -0.1) is 0 Å². The zero-order chi connectivity index (χ0) is 97.0. The van der Waals surface area contributed by atoms with E-state index in [0.29, 0.717) is 109 Å². The highest BCUT2D eigenvalue weighted by atomic mass is 79.9. The zero-order valence-corrected chi connectivity index (χ0v) is 81.7. The Bertz CT molecular complexity index is 3590. The van der Waals surface area contributed by atoms with Gasteiger partial charge in [-0.25, -0.2) is 23.8 Å². The second-order valence-electron chi connectivity index (χ2n) is 36.6. The van der Waals surface area contributed by atoms with Crippen molar-refractivity contribution in [1.29, 1.82) is 0 Å². The van der Waals surface area contributed by atoms with Crippen LogP contribution in [0.2, 0.25) is 0 Å². The van der Waals surface area contributed by atoms with Crippen LogP contribution >= 0.6 is 31.9 Å². The summed E-state index contributed by atoms with van der Waals surface area (Å²) in [6.07, 6.45) is 2.78. The topological polar surface area (TPSA) is 508 Å². The molecule has 0 radical (unpaired) electrons. The molecule has 730 valence electrons. The van der Waals surface area contributed by atoms with Gasteiger partial charge in [0.25, 0.3) is 0 Å². The number of nitrogens with zero attached hydrogens (tertiary/aromatic N) is 9. The summed E-state index contributed by atoms with van der Waals surface area (Å²) in [6, 6.07) is 8.81. The van der Waals surface area contributed by atoms with Crippen molar-refractivity contribution in [2.45, 2.75) is 183 Å². The van der Waals surface area contributed by atoms with Crippen molar-refractivity contribution >= 4 is 90.9 Å². The van der Waals surface area contributed by atoms with E-state index >= 15 is 0 Å². The second-order valence-corrected chi connectivity index (χ2v) is 37.9. The summed E-state index contributed by atoms with van der Waals surface area (Å²) in [4.78, 5) is 94.8. The van der Waals surface area contributed by atoms with Gasteiger partial charge in [0, 0.05) is 137 Å². The van der Waals surface area contributed by atoms with Gasteiger partial charge in [0.2, 0.25) is 0 Å². The number of pyridine rings is 3. The van der Waals surface area contributed by atoms with Crippen LogP contribution in [-0.4, -0.2) is 336 Å². The Morgan fingerprint density at radius 2 is 0.961 bits per heavy atom. The Balaban J connectivity index is 0.000000724. The van der Waals surface area contributed by atoms with Crippen molar-refractivity contribution in [2.24, 2.45) is 40.9 Å². The predicted molar refractivity (Wildman–Crippen MR) is 485 cm³/mol. The molecule has 3 aromatic heterocycles. The molecule has 3 amide bonds. The van der Waals surface area contributed by atoms with Gasteiger partial charge in [-0.2, -0.15) is 0 Å². The van der Waals surface area contributed by atoms with Crippen molar-refractivity contribution < 1.29 is 121 Å². The number of carbonyl (C=O) groups is 5. The highest BCUT2D eigenvalue weighted by Gasteiger charge is 2.45. The van der Waals surface area contributed by atoms with Crippen LogP contribution in [0.4, 0.5) is 47.6 Å². The zero-order valence-electron chi connectivity index (χ0n) is 78.5. The molecule has 6 atom stereocenters. The summed E-state index contributed by atoms with van der Waals surface area (Å²) >= 11 is 6.37. The number of anilines is 3. The monoisotopic (exact) mass is 1940 g/mol. The van der Waals surface area contributed by atoms with Gasteiger partial charge in [-0.1, -0.05) is 38.8 Å². The lowest BCUT2D eigenvalue weighted by Gasteiger charge is -2.41. The Hall–Kier alpha value is -7.27. The third kappa shape index (κ3) is 50.6. The average molecular weight is 1950 g/mol. The first-order chi connectivity index (χ1) is 58.7. The SMILES string of the molecule is CC(C)(C)OC(=O)N1CCOCC(C)(C(C)(C)O)C1.CC(C)(C)OC(=O)NCCO.CC(C)(O)C1CNCCOC1.CC(C)(O)C1CNCCOC1.CC(C)(O)C1COCCN(c2ccc(N)nc2)C1.CC(C)(O)C1COCCN(c2ccc([N+](=O)[O-])nc2)C1.COC(=O)C(CBr)CBr.COC(=O)C1COCCN(C(=O)OC(C)(C)C)C1.O=[N+]([O-])c1ccc(F)cn1. The summed E-state index contributed by atoms with van der Waals surface area (Å²) in [5, 5.41) is 88.8. The van der Waals surface area contributed by atoms with Crippen molar-refractivity contribution in [2.75, 3.05) is 211 Å². The Morgan fingerprint density at radius 3 is 1.33 bits per heavy atom. The first kappa shape index (κ1) is 118. The molecular formula is C85H148Br2FN13O26. The van der Waals surface area contributed by atoms with E-state index in [1.54, 1.807) is 92.5 Å². The number of ether oxygens (including phenoxy) is 11. The van der Waals surface area contributed by atoms with Crippen LogP contribution in [0.3, 0.4) is 0 Å². The lowest BCUT2D eigenvalue weighted by molar-refractivity contribution is -0.389. The van der Waals surface area contributed by atoms with E-state index in [1.165, 1.54) is 31.4 Å². The number of hydrogen-bond donors (Lipinski definition) is 10. The van der Waals surface area contributed by atoms with Crippen molar-refractivity contribution in [3.8, 4) is 0 Å². The van der Waals surface area contributed by atoms with Gasteiger partial charge in [-0.3, -0.25) is 9.59 Å². The fourth-order valence-electron chi connectivity index (χ4n) is 11.3. The molecule has 3 aromatic rings. The highest BCUT2D eigenvalue weighted by Crippen LogP contribution is 2.35. The summed E-state index contributed by atoms with van der Waals surface area (Å²) in [5.41, 5.74) is 1.58. The molecule has 6 fully saturated rings. The van der Waals surface area contributed by atoms with E-state index < -0.39 is 84.0 Å². The number of alkyl halides is 2. The average Bonchev–Trinajstić information content (AvgIpc) is 1.78. The van der Waals surface area contributed by atoms with E-state index in [4.69, 9.17) is 53.5 Å². The number of aromatic nitrogens is 3. The molecule has 42 heteroatoms. The quantitative estimate of drug-likeness (QED) is 0.0224. The molecule has 0 spiro atoms. The standard InChI is InChI=1S/C14H27NO4.C13H19N3O4.C13H21N3O2.C12H21NO5.2C8H17NO2.C7H15NO3.C5H8Br2O2.C5H3FN2O2/c1-12(2,3)19-11(16)15-7-8-18-10-14(6,9-15)13(4,5)17;1-13(2,17)10-8-15(5-6-20-9-10)11-3-4-12(14-7-11)16(18)19;1-13(2,17)10-8-16(5-6-18-9-10)11-3-4-12(14)15-7-11;1-12(2,3)18-11(15)13-5-6-17-8-9(7-13)10(14)16-4;2*1-8(2,10)7-5-9-3-4-11-6-7;1-7(2,3)11-6(10)8-4-5-9;1-9-5(8)4(2-6)3-7;6-4-1-2-5(7-3-4)8(9)10/h17H,7-10H2,1-6H3;3-4,7,10,17H,5-6,8-9H2,1-2H3;3-4,7,10,17H,5-6,8-9H2,1-2H3,(H2,14,15);9H,5-8H2,1-4H3;2*7,9-10H,3-6H2,1-2H3;9H,4-5H2,1-3H3,(H,8,10);4H,2-3H2,1H3;1-3H. The van der Waals surface area contributed by atoms with Crippen LogP contribution in [0, 0.1) is 67.0 Å². The maximum Gasteiger partial charge on any atom is 0.410 e. The van der Waals surface area contributed by atoms with Crippen LogP contribution in [0.15, 0.2) is 55.0 Å². The molecule has 6 unspecified atom stereocenters.